The van der Waals surface area contributed by atoms with Crippen LogP contribution >= 0.6 is 11.3 Å². The second-order valence-electron chi connectivity index (χ2n) is 8.58. The first-order valence-electron chi connectivity index (χ1n) is 10.9. The molecule has 2 aromatic rings. The number of thiophene rings is 1. The molecule has 0 spiro atoms. The molecule has 2 amide bonds. The van der Waals surface area contributed by atoms with Crippen molar-refractivity contribution in [2.75, 3.05) is 25.0 Å². The number of nitrogens with zero attached hydrogens (tertiary/aromatic N) is 3. The number of anilines is 1. The van der Waals surface area contributed by atoms with E-state index in [1.807, 2.05) is 0 Å². The summed E-state index contributed by atoms with van der Waals surface area (Å²) >= 11 is 1.31. The highest BCUT2D eigenvalue weighted by molar-refractivity contribution is 7.89. The average Bonchev–Trinajstić information content (AvgIpc) is 3.15. The van der Waals surface area contributed by atoms with E-state index in [4.69, 9.17) is 0 Å². The normalized spacial score (nSPS) is 17.3. The molecule has 0 saturated carbocycles. The molecule has 1 saturated heterocycles. The minimum absolute atomic E-state index is 0.0211. The van der Waals surface area contributed by atoms with E-state index in [0.29, 0.717) is 54.6 Å². The van der Waals surface area contributed by atoms with Crippen LogP contribution in [0.3, 0.4) is 0 Å². The highest BCUT2D eigenvalue weighted by atomic mass is 32.2. The number of nitrogens with one attached hydrogen (secondary N) is 1. The molecule has 1 N–H and O–H groups in total. The zero-order valence-electron chi connectivity index (χ0n) is 18.6. The summed E-state index contributed by atoms with van der Waals surface area (Å²) in [4.78, 5) is 27.3. The number of hydrogen-bond acceptors (Lipinski definition) is 6. The van der Waals surface area contributed by atoms with Crippen molar-refractivity contribution in [2.24, 2.45) is 5.92 Å². The molecule has 1 aromatic heterocycles. The minimum atomic E-state index is -3.58. The number of rotatable bonds is 4. The maximum absolute atomic E-state index is 12.9. The molecule has 4 rings (SSSR count). The molecule has 0 unspecified atom stereocenters. The minimum Gasteiger partial charge on any atom is -0.337 e. The predicted octanol–water partition coefficient (Wildman–Crippen LogP) is 3.20. The molecule has 174 valence electrons. The summed E-state index contributed by atoms with van der Waals surface area (Å²) in [5.74, 6) is 0.0887. The summed E-state index contributed by atoms with van der Waals surface area (Å²) in [7, 11) is -3.58. The molecule has 0 atom stereocenters. The number of benzene rings is 1. The van der Waals surface area contributed by atoms with Crippen molar-refractivity contribution < 1.29 is 18.0 Å². The third-order valence-electron chi connectivity index (χ3n) is 6.34. The van der Waals surface area contributed by atoms with Gasteiger partial charge in [-0.05, 0) is 55.0 Å². The fourth-order valence-corrected chi connectivity index (χ4v) is 6.88. The Balaban J connectivity index is 1.50. The molecule has 0 bridgehead atoms. The summed E-state index contributed by atoms with van der Waals surface area (Å²) in [6.07, 6.45) is 2.26. The zero-order chi connectivity index (χ0) is 23.8. The topological polar surface area (TPSA) is 111 Å². The van der Waals surface area contributed by atoms with Gasteiger partial charge in [-0.2, -0.15) is 9.57 Å². The van der Waals surface area contributed by atoms with E-state index < -0.39 is 15.9 Å². The van der Waals surface area contributed by atoms with Crippen LogP contribution in [0.2, 0.25) is 0 Å². The summed E-state index contributed by atoms with van der Waals surface area (Å²) in [6.45, 7) is 5.63. The van der Waals surface area contributed by atoms with Crippen molar-refractivity contribution >= 4 is 38.2 Å². The highest BCUT2D eigenvalue weighted by Crippen LogP contribution is 2.37. The van der Waals surface area contributed by atoms with Gasteiger partial charge in [0, 0.05) is 37.0 Å². The first-order valence-corrected chi connectivity index (χ1v) is 13.2. The summed E-state index contributed by atoms with van der Waals surface area (Å²) in [6, 6.07) is 8.08. The molecule has 33 heavy (non-hydrogen) atoms. The van der Waals surface area contributed by atoms with Crippen molar-refractivity contribution in [3.63, 3.8) is 0 Å². The van der Waals surface area contributed by atoms with Gasteiger partial charge in [-0.1, -0.05) is 6.92 Å². The van der Waals surface area contributed by atoms with Gasteiger partial charge < -0.3 is 10.2 Å². The summed E-state index contributed by atoms with van der Waals surface area (Å²) in [5.41, 5.74) is 1.62. The highest BCUT2D eigenvalue weighted by Gasteiger charge is 2.29. The largest absolute Gasteiger partial charge is 0.337 e. The molecule has 0 aliphatic carbocycles. The molecule has 3 heterocycles. The van der Waals surface area contributed by atoms with Crippen LogP contribution in [-0.4, -0.2) is 49.1 Å². The van der Waals surface area contributed by atoms with Gasteiger partial charge in [0.2, 0.25) is 15.9 Å². The van der Waals surface area contributed by atoms with Gasteiger partial charge in [0.1, 0.15) is 11.1 Å². The van der Waals surface area contributed by atoms with Crippen molar-refractivity contribution in [1.29, 1.82) is 5.26 Å². The molecule has 2 aliphatic rings. The van der Waals surface area contributed by atoms with Crippen LogP contribution in [0.25, 0.3) is 0 Å². The Hall–Kier alpha value is -2.74. The van der Waals surface area contributed by atoms with Crippen LogP contribution < -0.4 is 5.32 Å². The number of amides is 2. The standard InChI is InChI=1S/C23H26N4O4S2/c1-15-7-11-27(12-8-15)33(30,31)18-5-3-17(4-6-18)22(29)25-23-20(13-24)19-9-10-26(16(2)28)14-21(19)32-23/h3-6,15H,7-12,14H2,1-2H3,(H,25,29). The van der Waals surface area contributed by atoms with Gasteiger partial charge >= 0.3 is 0 Å². The van der Waals surface area contributed by atoms with Gasteiger partial charge in [-0.25, -0.2) is 8.42 Å². The van der Waals surface area contributed by atoms with Gasteiger partial charge in [0.25, 0.3) is 5.91 Å². The molecular formula is C23H26N4O4S2. The molecular weight excluding hydrogens is 460 g/mol. The zero-order valence-corrected chi connectivity index (χ0v) is 20.3. The lowest BCUT2D eigenvalue weighted by Crippen LogP contribution is -2.37. The van der Waals surface area contributed by atoms with Crippen molar-refractivity contribution in [2.45, 2.75) is 44.6 Å². The maximum Gasteiger partial charge on any atom is 0.256 e. The second kappa shape index (κ2) is 9.25. The molecule has 0 radical (unpaired) electrons. The first-order chi connectivity index (χ1) is 15.7. The van der Waals surface area contributed by atoms with Gasteiger partial charge in [-0.3, -0.25) is 9.59 Å². The van der Waals surface area contributed by atoms with E-state index in [1.165, 1.54) is 46.8 Å². The molecule has 10 heteroatoms. The van der Waals surface area contributed by atoms with Crippen LogP contribution in [0.15, 0.2) is 29.2 Å². The molecule has 1 fully saturated rings. The van der Waals surface area contributed by atoms with Crippen molar-refractivity contribution in [3.05, 3.63) is 45.8 Å². The Labute approximate surface area is 197 Å². The lowest BCUT2D eigenvalue weighted by atomic mass is 10.0. The Morgan fingerprint density at radius 2 is 1.82 bits per heavy atom. The van der Waals surface area contributed by atoms with E-state index in [0.717, 1.165) is 23.3 Å². The Bertz CT molecular complexity index is 1220. The molecule has 2 aliphatic heterocycles. The average molecular weight is 487 g/mol. The summed E-state index contributed by atoms with van der Waals surface area (Å²) < 4.78 is 27.3. The van der Waals surface area contributed by atoms with Crippen LogP contribution in [0.5, 0.6) is 0 Å². The van der Waals surface area contributed by atoms with Crippen LogP contribution in [0.1, 0.15) is 53.1 Å². The smallest absolute Gasteiger partial charge is 0.256 e. The van der Waals surface area contributed by atoms with Crippen LogP contribution in [0, 0.1) is 17.2 Å². The number of fused-ring (bicyclic) bond motifs is 1. The van der Waals surface area contributed by atoms with E-state index in [1.54, 1.807) is 4.90 Å². The lowest BCUT2D eigenvalue weighted by molar-refractivity contribution is -0.129. The van der Waals surface area contributed by atoms with Crippen molar-refractivity contribution in [1.82, 2.24) is 9.21 Å². The number of piperidine rings is 1. The summed E-state index contributed by atoms with van der Waals surface area (Å²) in [5, 5.41) is 12.9. The first kappa shape index (κ1) is 23.4. The third-order valence-corrected chi connectivity index (χ3v) is 9.38. The Kier molecular flexibility index (Phi) is 6.56. The van der Waals surface area contributed by atoms with Crippen LogP contribution in [-0.2, 0) is 27.8 Å². The number of sulfonamides is 1. The second-order valence-corrected chi connectivity index (χ2v) is 11.6. The number of hydrogen-bond donors (Lipinski definition) is 1. The fourth-order valence-electron chi connectivity index (χ4n) is 4.21. The number of nitriles is 1. The predicted molar refractivity (Wildman–Crippen MR) is 125 cm³/mol. The number of carbonyl (C=O) groups excluding carboxylic acids is 2. The van der Waals surface area contributed by atoms with Gasteiger partial charge in [0.05, 0.1) is 17.0 Å². The fraction of sp³-hybridized carbons (Fsp3) is 0.435. The maximum atomic E-state index is 12.9. The third kappa shape index (κ3) is 4.67. The van der Waals surface area contributed by atoms with Crippen molar-refractivity contribution in [3.8, 4) is 6.07 Å². The van der Waals surface area contributed by atoms with Gasteiger partial charge in [0.15, 0.2) is 0 Å². The van der Waals surface area contributed by atoms with Gasteiger partial charge in [-0.15, -0.1) is 11.3 Å². The Morgan fingerprint density at radius 3 is 2.42 bits per heavy atom. The number of carbonyl (C=O) groups is 2. The molecule has 8 nitrogen and oxygen atoms in total. The van der Waals surface area contributed by atoms with E-state index in [9.17, 15) is 23.3 Å². The SMILES string of the molecule is CC(=O)N1CCc2c(sc(NC(=O)c3ccc(S(=O)(=O)N4CCC(C)CC4)cc3)c2C#N)C1. The quantitative estimate of drug-likeness (QED) is 0.714. The monoisotopic (exact) mass is 486 g/mol. The Morgan fingerprint density at radius 1 is 1.15 bits per heavy atom. The van der Waals surface area contributed by atoms with E-state index in [-0.39, 0.29) is 10.8 Å². The lowest BCUT2D eigenvalue weighted by Gasteiger charge is -2.29. The van der Waals surface area contributed by atoms with E-state index >= 15 is 0 Å². The van der Waals surface area contributed by atoms with Crippen LogP contribution in [0.4, 0.5) is 5.00 Å². The van der Waals surface area contributed by atoms with E-state index in [2.05, 4.69) is 18.3 Å². The molecule has 1 aromatic carbocycles.